The van der Waals surface area contributed by atoms with Crippen LogP contribution in [0.3, 0.4) is 0 Å². The normalized spacial score (nSPS) is 17.2. The van der Waals surface area contributed by atoms with Gasteiger partial charge in [-0.25, -0.2) is 0 Å². The standard InChI is InChI=1S/C22H33N3O3/c1-17-3-6-22(28-17)15-24(2)13-18-4-7-21(8-5-18)27-16-20(26)14-25-11-9-19(23)10-12-25/h3-8,19-20,26H,9-16,23H2,1-2H3. The Hall–Kier alpha value is -1.86. The fourth-order valence-electron chi connectivity index (χ4n) is 3.57. The van der Waals surface area contributed by atoms with Crippen molar-refractivity contribution < 1.29 is 14.3 Å². The van der Waals surface area contributed by atoms with Gasteiger partial charge >= 0.3 is 0 Å². The largest absolute Gasteiger partial charge is 0.491 e. The molecule has 3 N–H and O–H groups in total. The predicted octanol–water partition coefficient (Wildman–Crippen LogP) is 2.38. The maximum Gasteiger partial charge on any atom is 0.119 e. The molecule has 0 amide bonds. The first-order chi connectivity index (χ1) is 13.5. The number of aliphatic hydroxyl groups excluding tert-OH is 1. The van der Waals surface area contributed by atoms with Crippen LogP contribution in [0.5, 0.6) is 5.75 Å². The molecule has 6 nitrogen and oxygen atoms in total. The van der Waals surface area contributed by atoms with Gasteiger partial charge in [0.15, 0.2) is 0 Å². The van der Waals surface area contributed by atoms with Gasteiger partial charge in [0.2, 0.25) is 0 Å². The lowest BCUT2D eigenvalue weighted by Gasteiger charge is -2.31. The van der Waals surface area contributed by atoms with Gasteiger partial charge in [-0.2, -0.15) is 0 Å². The maximum atomic E-state index is 10.2. The van der Waals surface area contributed by atoms with Crippen LogP contribution >= 0.6 is 0 Å². The van der Waals surface area contributed by atoms with Gasteiger partial charge in [0, 0.05) is 19.1 Å². The van der Waals surface area contributed by atoms with Crippen molar-refractivity contribution in [3.05, 3.63) is 53.5 Å². The van der Waals surface area contributed by atoms with Crippen molar-refractivity contribution in [2.24, 2.45) is 5.73 Å². The van der Waals surface area contributed by atoms with Crippen LogP contribution in [0, 0.1) is 6.92 Å². The Bertz CT molecular complexity index is 708. The molecular weight excluding hydrogens is 354 g/mol. The van der Waals surface area contributed by atoms with E-state index in [0.29, 0.717) is 19.2 Å². The van der Waals surface area contributed by atoms with E-state index in [0.717, 1.165) is 56.3 Å². The smallest absolute Gasteiger partial charge is 0.119 e. The molecule has 0 aliphatic carbocycles. The predicted molar refractivity (Wildman–Crippen MR) is 110 cm³/mol. The second-order valence-electron chi connectivity index (χ2n) is 7.93. The van der Waals surface area contributed by atoms with E-state index in [1.54, 1.807) is 0 Å². The Kier molecular flexibility index (Phi) is 7.50. The molecule has 1 saturated heterocycles. The highest BCUT2D eigenvalue weighted by Crippen LogP contribution is 2.16. The lowest BCUT2D eigenvalue weighted by molar-refractivity contribution is 0.0597. The third-order valence-electron chi connectivity index (χ3n) is 5.14. The number of furan rings is 1. The van der Waals surface area contributed by atoms with Gasteiger partial charge in [-0.1, -0.05) is 12.1 Å². The quantitative estimate of drug-likeness (QED) is 0.688. The highest BCUT2D eigenvalue weighted by Gasteiger charge is 2.18. The Balaban J connectivity index is 1.38. The van der Waals surface area contributed by atoms with Gasteiger partial charge in [-0.3, -0.25) is 4.90 Å². The topological polar surface area (TPSA) is 75.1 Å². The zero-order valence-electron chi connectivity index (χ0n) is 17.0. The summed E-state index contributed by atoms with van der Waals surface area (Å²) >= 11 is 0. The number of aliphatic hydroxyl groups is 1. The van der Waals surface area contributed by atoms with Crippen molar-refractivity contribution in [3.63, 3.8) is 0 Å². The van der Waals surface area contributed by atoms with E-state index < -0.39 is 6.10 Å². The van der Waals surface area contributed by atoms with Crippen LogP contribution in [0.2, 0.25) is 0 Å². The first-order valence-electron chi connectivity index (χ1n) is 10.1. The molecule has 6 heteroatoms. The first-order valence-corrected chi connectivity index (χ1v) is 10.1. The van der Waals surface area contributed by atoms with E-state index >= 15 is 0 Å². The number of benzene rings is 1. The van der Waals surface area contributed by atoms with Crippen LogP contribution in [0.1, 0.15) is 29.9 Å². The average molecular weight is 388 g/mol. The number of β-amino-alcohol motifs (C(OH)–C–C–N with tert-alkyl or cyclic N) is 1. The van der Waals surface area contributed by atoms with Crippen LogP contribution in [0.4, 0.5) is 0 Å². The summed E-state index contributed by atoms with van der Waals surface area (Å²) in [5, 5.41) is 10.2. The second kappa shape index (κ2) is 10.1. The van der Waals surface area contributed by atoms with Gasteiger partial charge in [-0.15, -0.1) is 0 Å². The molecule has 2 heterocycles. The van der Waals surface area contributed by atoms with Gasteiger partial charge in [0.1, 0.15) is 30.0 Å². The van der Waals surface area contributed by atoms with Crippen LogP contribution in [-0.4, -0.2) is 60.3 Å². The number of rotatable bonds is 9. The lowest BCUT2D eigenvalue weighted by Crippen LogP contribution is -2.44. The maximum absolute atomic E-state index is 10.2. The fourth-order valence-corrected chi connectivity index (χ4v) is 3.57. The number of nitrogens with zero attached hydrogens (tertiary/aromatic N) is 2. The minimum absolute atomic E-state index is 0.305. The van der Waals surface area contributed by atoms with Crippen LogP contribution in [-0.2, 0) is 13.1 Å². The number of ether oxygens (including phenoxy) is 1. The van der Waals surface area contributed by atoms with E-state index in [1.165, 1.54) is 5.56 Å². The summed E-state index contributed by atoms with van der Waals surface area (Å²) in [6.07, 6.45) is 1.52. The van der Waals surface area contributed by atoms with Crippen molar-refractivity contribution in [1.29, 1.82) is 0 Å². The number of likely N-dealkylation sites (tertiary alicyclic amines) is 1. The van der Waals surface area contributed by atoms with Gasteiger partial charge in [-0.05, 0) is 69.7 Å². The molecule has 0 radical (unpaired) electrons. The summed E-state index contributed by atoms with van der Waals surface area (Å²) < 4.78 is 11.4. The molecule has 1 aliphatic rings. The summed E-state index contributed by atoms with van der Waals surface area (Å²) in [5.74, 6) is 2.70. The van der Waals surface area contributed by atoms with Crippen molar-refractivity contribution in [2.45, 2.75) is 45.0 Å². The van der Waals surface area contributed by atoms with E-state index in [9.17, 15) is 5.11 Å². The summed E-state index contributed by atoms with van der Waals surface area (Å²) in [6, 6.07) is 12.4. The molecule has 0 bridgehead atoms. The number of aryl methyl sites for hydroxylation is 1. The van der Waals surface area contributed by atoms with E-state index in [4.69, 9.17) is 14.9 Å². The summed E-state index contributed by atoms with van der Waals surface area (Å²) in [6.45, 7) is 6.43. The van der Waals surface area contributed by atoms with Crippen LogP contribution < -0.4 is 10.5 Å². The van der Waals surface area contributed by atoms with E-state index in [-0.39, 0.29) is 0 Å². The fraction of sp³-hybridized carbons (Fsp3) is 0.545. The number of hydrogen-bond acceptors (Lipinski definition) is 6. The Morgan fingerprint density at radius 1 is 1.18 bits per heavy atom. The van der Waals surface area contributed by atoms with Crippen molar-refractivity contribution in [3.8, 4) is 5.75 Å². The van der Waals surface area contributed by atoms with E-state index in [2.05, 4.69) is 29.0 Å². The average Bonchev–Trinajstić information content (AvgIpc) is 3.07. The van der Waals surface area contributed by atoms with Gasteiger partial charge in [0.25, 0.3) is 0 Å². The van der Waals surface area contributed by atoms with Gasteiger partial charge in [0.05, 0.1) is 6.54 Å². The van der Waals surface area contributed by atoms with Gasteiger partial charge < -0.3 is 24.9 Å². The van der Waals surface area contributed by atoms with E-state index in [1.807, 2.05) is 31.2 Å². The molecule has 1 atom stereocenters. The molecule has 1 aromatic heterocycles. The highest BCUT2D eigenvalue weighted by atomic mass is 16.5. The number of nitrogens with two attached hydrogens (primary N) is 1. The molecule has 1 fully saturated rings. The Labute approximate surface area is 167 Å². The Morgan fingerprint density at radius 3 is 2.54 bits per heavy atom. The SMILES string of the molecule is Cc1ccc(CN(C)Cc2ccc(OCC(O)CN3CCC(N)CC3)cc2)o1. The third-order valence-corrected chi connectivity index (χ3v) is 5.14. The minimum Gasteiger partial charge on any atom is -0.491 e. The molecule has 1 unspecified atom stereocenters. The van der Waals surface area contributed by atoms with Crippen molar-refractivity contribution in [1.82, 2.24) is 9.80 Å². The molecule has 3 rings (SSSR count). The minimum atomic E-state index is -0.489. The zero-order valence-corrected chi connectivity index (χ0v) is 17.0. The summed E-state index contributed by atoms with van der Waals surface area (Å²) in [5.41, 5.74) is 7.13. The molecule has 28 heavy (non-hydrogen) atoms. The molecule has 0 saturated carbocycles. The summed E-state index contributed by atoms with van der Waals surface area (Å²) in [7, 11) is 2.08. The molecule has 2 aromatic rings. The van der Waals surface area contributed by atoms with Crippen molar-refractivity contribution in [2.75, 3.05) is 33.3 Å². The molecule has 0 spiro atoms. The first kappa shape index (κ1) is 20.9. The highest BCUT2D eigenvalue weighted by molar-refractivity contribution is 5.27. The number of hydrogen-bond donors (Lipinski definition) is 2. The monoisotopic (exact) mass is 387 g/mol. The third kappa shape index (κ3) is 6.63. The van der Waals surface area contributed by atoms with Crippen LogP contribution in [0.15, 0.2) is 40.8 Å². The molecule has 154 valence electrons. The second-order valence-corrected chi connectivity index (χ2v) is 7.93. The molecule has 1 aromatic carbocycles. The Morgan fingerprint density at radius 2 is 1.89 bits per heavy atom. The molecular formula is C22H33N3O3. The summed E-state index contributed by atoms with van der Waals surface area (Å²) in [4.78, 5) is 4.47. The zero-order chi connectivity index (χ0) is 19.9. The van der Waals surface area contributed by atoms with Crippen LogP contribution in [0.25, 0.3) is 0 Å². The lowest BCUT2D eigenvalue weighted by atomic mass is 10.1. The molecule has 1 aliphatic heterocycles. The number of piperidine rings is 1. The van der Waals surface area contributed by atoms with Crippen molar-refractivity contribution >= 4 is 0 Å².